The van der Waals surface area contributed by atoms with Crippen LogP contribution in [-0.2, 0) is 6.42 Å². The Morgan fingerprint density at radius 1 is 1.00 bits per heavy atom. The fourth-order valence-electron chi connectivity index (χ4n) is 2.70. The molecule has 6 heteroatoms. The van der Waals surface area contributed by atoms with Crippen molar-refractivity contribution < 1.29 is 19.0 Å². The molecule has 0 aliphatic rings. The summed E-state index contributed by atoms with van der Waals surface area (Å²) in [6.45, 7) is 0. The molecule has 0 saturated heterocycles. The zero-order valence-electron chi connectivity index (χ0n) is 15.4. The van der Waals surface area contributed by atoms with E-state index in [1.165, 1.54) is 26.9 Å². The molecular formula is C20H26ClNO4. The van der Waals surface area contributed by atoms with Crippen molar-refractivity contribution in [3.8, 4) is 17.2 Å². The van der Waals surface area contributed by atoms with E-state index in [0.717, 1.165) is 12.8 Å². The molecule has 0 radical (unpaired) electrons. The fraction of sp³-hybridized carbons (Fsp3) is 0.350. The highest BCUT2D eigenvalue weighted by atomic mass is 35.5. The van der Waals surface area contributed by atoms with Gasteiger partial charge >= 0.3 is 0 Å². The van der Waals surface area contributed by atoms with Crippen LogP contribution >= 0.6 is 12.4 Å². The van der Waals surface area contributed by atoms with Crippen LogP contribution in [0.4, 0.5) is 0 Å². The third kappa shape index (κ3) is 5.64. The first-order valence-corrected chi connectivity index (χ1v) is 8.21. The molecule has 0 saturated carbocycles. The lowest BCUT2D eigenvalue weighted by molar-refractivity contribution is 0.0972. The molecule has 0 fully saturated rings. The van der Waals surface area contributed by atoms with Gasteiger partial charge in [-0.2, -0.15) is 0 Å². The zero-order chi connectivity index (χ0) is 18.2. The largest absolute Gasteiger partial charge is 0.493 e. The molecule has 0 spiro atoms. The topological polar surface area (TPSA) is 70.8 Å². The molecule has 142 valence electrons. The monoisotopic (exact) mass is 379 g/mol. The van der Waals surface area contributed by atoms with Gasteiger partial charge in [-0.15, -0.1) is 12.4 Å². The zero-order valence-corrected chi connectivity index (χ0v) is 16.2. The Balaban J connectivity index is 0.00000338. The summed E-state index contributed by atoms with van der Waals surface area (Å²) < 4.78 is 15.9. The predicted molar refractivity (Wildman–Crippen MR) is 105 cm³/mol. The number of hydrogen-bond acceptors (Lipinski definition) is 5. The first kappa shape index (κ1) is 21.8. The van der Waals surface area contributed by atoms with E-state index in [1.54, 1.807) is 12.1 Å². The van der Waals surface area contributed by atoms with Gasteiger partial charge in [-0.1, -0.05) is 30.3 Å². The number of ether oxygens (including phenoxy) is 3. The van der Waals surface area contributed by atoms with Crippen LogP contribution in [0.2, 0.25) is 0 Å². The van der Waals surface area contributed by atoms with Gasteiger partial charge in [-0.3, -0.25) is 4.79 Å². The number of methoxy groups -OCH3 is 3. The minimum absolute atomic E-state index is 0. The van der Waals surface area contributed by atoms with Crippen LogP contribution in [0.5, 0.6) is 17.2 Å². The van der Waals surface area contributed by atoms with Crippen LogP contribution < -0.4 is 19.9 Å². The van der Waals surface area contributed by atoms with Crippen LogP contribution in [0.1, 0.15) is 28.8 Å². The lowest BCUT2D eigenvalue weighted by Gasteiger charge is -2.15. The molecule has 1 atom stereocenters. The summed E-state index contributed by atoms with van der Waals surface area (Å²) in [5.74, 6) is 1.35. The second kappa shape index (κ2) is 10.7. The summed E-state index contributed by atoms with van der Waals surface area (Å²) in [4.78, 5) is 12.6. The fourth-order valence-corrected chi connectivity index (χ4v) is 2.70. The molecule has 0 aliphatic heterocycles. The number of benzene rings is 2. The Morgan fingerprint density at radius 2 is 1.58 bits per heavy atom. The Labute approximate surface area is 160 Å². The smallest absolute Gasteiger partial charge is 0.203 e. The van der Waals surface area contributed by atoms with Crippen LogP contribution in [0.25, 0.3) is 0 Å². The van der Waals surface area contributed by atoms with Crippen molar-refractivity contribution in [3.05, 3.63) is 53.6 Å². The van der Waals surface area contributed by atoms with Gasteiger partial charge in [0.25, 0.3) is 0 Å². The van der Waals surface area contributed by atoms with E-state index >= 15 is 0 Å². The highest BCUT2D eigenvalue weighted by Gasteiger charge is 2.18. The van der Waals surface area contributed by atoms with E-state index < -0.39 is 0 Å². The summed E-state index contributed by atoms with van der Waals surface area (Å²) in [5.41, 5.74) is 7.87. The van der Waals surface area contributed by atoms with Crippen molar-refractivity contribution in [1.29, 1.82) is 0 Å². The Hall–Kier alpha value is -2.24. The van der Waals surface area contributed by atoms with Crippen LogP contribution in [0.3, 0.4) is 0 Å². The normalized spacial score (nSPS) is 11.2. The first-order chi connectivity index (χ1) is 12.1. The standard InChI is InChI=1S/C20H25NO4.ClH/c1-23-18-11-15(12-19(24-2)20(18)25-3)17(22)13-16(21)10-9-14-7-5-4-6-8-14;/h4-8,11-12,16H,9-10,13,21H2,1-3H3;1H. The van der Waals surface area contributed by atoms with Gasteiger partial charge in [0.15, 0.2) is 17.3 Å². The van der Waals surface area contributed by atoms with Gasteiger partial charge in [0, 0.05) is 18.0 Å². The number of hydrogen-bond donors (Lipinski definition) is 1. The quantitative estimate of drug-likeness (QED) is 0.673. The van der Waals surface area contributed by atoms with Crippen LogP contribution in [0.15, 0.2) is 42.5 Å². The Morgan fingerprint density at radius 3 is 2.08 bits per heavy atom. The Kier molecular flexibility index (Phi) is 8.96. The van der Waals surface area contributed by atoms with Gasteiger partial charge in [-0.05, 0) is 30.5 Å². The maximum Gasteiger partial charge on any atom is 0.203 e. The molecule has 0 aromatic heterocycles. The van der Waals surface area contributed by atoms with Gasteiger partial charge < -0.3 is 19.9 Å². The average Bonchev–Trinajstić information content (AvgIpc) is 2.65. The molecular weight excluding hydrogens is 354 g/mol. The molecule has 2 aromatic carbocycles. The molecule has 2 rings (SSSR count). The van der Waals surface area contributed by atoms with Crippen molar-refractivity contribution in [2.45, 2.75) is 25.3 Å². The van der Waals surface area contributed by atoms with Gasteiger partial charge in [0.1, 0.15) is 0 Å². The van der Waals surface area contributed by atoms with Crippen molar-refractivity contribution in [2.75, 3.05) is 21.3 Å². The number of nitrogens with two attached hydrogens (primary N) is 1. The lowest BCUT2D eigenvalue weighted by Crippen LogP contribution is -2.24. The van der Waals surface area contributed by atoms with Crippen LogP contribution in [-0.4, -0.2) is 33.2 Å². The van der Waals surface area contributed by atoms with Gasteiger partial charge in [-0.25, -0.2) is 0 Å². The molecule has 2 aromatic rings. The molecule has 5 nitrogen and oxygen atoms in total. The molecule has 26 heavy (non-hydrogen) atoms. The molecule has 2 N–H and O–H groups in total. The number of carbonyl (C=O) groups excluding carboxylic acids is 1. The van der Waals surface area contributed by atoms with E-state index in [-0.39, 0.29) is 30.7 Å². The lowest BCUT2D eigenvalue weighted by atomic mass is 9.98. The van der Waals surface area contributed by atoms with Gasteiger partial charge in [0.05, 0.1) is 21.3 Å². The third-order valence-electron chi connectivity index (χ3n) is 4.08. The summed E-state index contributed by atoms with van der Waals surface area (Å²) in [6, 6.07) is 13.2. The minimum Gasteiger partial charge on any atom is -0.493 e. The van der Waals surface area contributed by atoms with Gasteiger partial charge in [0.2, 0.25) is 5.75 Å². The molecule has 1 unspecified atom stereocenters. The number of halogens is 1. The number of ketones is 1. The van der Waals surface area contributed by atoms with E-state index in [4.69, 9.17) is 19.9 Å². The number of rotatable bonds is 9. The number of carbonyl (C=O) groups is 1. The van der Waals surface area contributed by atoms with E-state index in [9.17, 15) is 4.79 Å². The van der Waals surface area contributed by atoms with Crippen molar-refractivity contribution in [1.82, 2.24) is 0 Å². The summed E-state index contributed by atoms with van der Waals surface area (Å²) in [7, 11) is 4.58. The average molecular weight is 380 g/mol. The van der Waals surface area contributed by atoms with Crippen molar-refractivity contribution >= 4 is 18.2 Å². The molecule has 0 heterocycles. The molecule has 0 amide bonds. The van der Waals surface area contributed by atoms with E-state index in [0.29, 0.717) is 22.8 Å². The Bertz CT molecular complexity index is 681. The van der Waals surface area contributed by atoms with Crippen LogP contribution in [0, 0.1) is 0 Å². The number of Topliss-reactive ketones (excluding diaryl/α,β-unsaturated/α-hetero) is 1. The van der Waals surface area contributed by atoms with Crippen molar-refractivity contribution in [2.24, 2.45) is 5.73 Å². The van der Waals surface area contributed by atoms with Crippen molar-refractivity contribution in [3.63, 3.8) is 0 Å². The molecule has 0 bridgehead atoms. The summed E-state index contributed by atoms with van der Waals surface area (Å²) in [5, 5.41) is 0. The summed E-state index contributed by atoms with van der Waals surface area (Å²) >= 11 is 0. The maximum absolute atomic E-state index is 12.6. The minimum atomic E-state index is -0.202. The summed E-state index contributed by atoms with van der Waals surface area (Å²) in [6.07, 6.45) is 1.87. The predicted octanol–water partition coefficient (Wildman–Crippen LogP) is 3.67. The third-order valence-corrected chi connectivity index (χ3v) is 4.08. The first-order valence-electron chi connectivity index (χ1n) is 8.21. The van der Waals surface area contributed by atoms with E-state index in [2.05, 4.69) is 12.1 Å². The molecule has 0 aliphatic carbocycles. The second-order valence-corrected chi connectivity index (χ2v) is 5.83. The SMILES string of the molecule is COc1cc(C(=O)CC(N)CCc2ccccc2)cc(OC)c1OC.Cl. The van der Waals surface area contributed by atoms with E-state index in [1.807, 2.05) is 18.2 Å². The second-order valence-electron chi connectivity index (χ2n) is 5.83. The highest BCUT2D eigenvalue weighted by molar-refractivity contribution is 5.97. The number of aryl methyl sites for hydroxylation is 1. The maximum atomic E-state index is 12.6. The highest BCUT2D eigenvalue weighted by Crippen LogP contribution is 2.38.